The number of anilines is 1. The number of benzene rings is 1. The minimum Gasteiger partial charge on any atom is -0.480 e. The fourth-order valence-electron chi connectivity index (χ4n) is 10.4. The quantitative estimate of drug-likeness (QED) is 0.231. The van der Waals surface area contributed by atoms with Gasteiger partial charge in [-0.1, -0.05) is 38.5 Å². The molecule has 0 heterocycles. The molecule has 4 saturated carbocycles. The van der Waals surface area contributed by atoms with Crippen LogP contribution in [0.25, 0.3) is 0 Å². The van der Waals surface area contributed by atoms with E-state index in [0.29, 0.717) is 47.6 Å². The molecule has 4 aliphatic rings. The third-order valence-electron chi connectivity index (χ3n) is 12.9. The topological polar surface area (TPSA) is 136 Å². The van der Waals surface area contributed by atoms with Gasteiger partial charge < -0.3 is 26.0 Å². The monoisotopic (exact) mass is 610 g/mol. The summed E-state index contributed by atoms with van der Waals surface area (Å²) in [5.41, 5.74) is 2.07. The van der Waals surface area contributed by atoms with Crippen molar-refractivity contribution in [1.82, 2.24) is 5.32 Å². The van der Waals surface area contributed by atoms with Crippen LogP contribution >= 0.6 is 0 Å². The fraction of sp³-hybridized carbons (Fsp3) is 0.750. The van der Waals surface area contributed by atoms with E-state index in [1.165, 1.54) is 0 Å². The minimum absolute atomic E-state index is 0.00225. The lowest BCUT2D eigenvalue weighted by atomic mass is 9.43. The summed E-state index contributed by atoms with van der Waals surface area (Å²) in [6, 6.07) is 6.29. The molecular weight excluding hydrogens is 556 g/mol. The van der Waals surface area contributed by atoms with E-state index in [2.05, 4.69) is 31.4 Å². The van der Waals surface area contributed by atoms with Crippen LogP contribution in [0.2, 0.25) is 0 Å². The molecule has 44 heavy (non-hydrogen) atoms. The molecule has 0 aromatic heterocycles. The Morgan fingerprint density at radius 2 is 1.55 bits per heavy atom. The van der Waals surface area contributed by atoms with Crippen molar-refractivity contribution in [3.05, 3.63) is 29.8 Å². The number of fused-ring (bicyclic) bond motifs is 5. The molecule has 244 valence electrons. The van der Waals surface area contributed by atoms with Gasteiger partial charge in [0.15, 0.2) is 0 Å². The number of carbonyl (C=O) groups excluding carboxylic acids is 2. The normalized spacial score (nSPS) is 37.5. The van der Waals surface area contributed by atoms with Crippen LogP contribution in [0, 0.1) is 53.3 Å². The second-order valence-corrected chi connectivity index (χ2v) is 15.4. The van der Waals surface area contributed by atoms with Gasteiger partial charge in [-0.05, 0) is 130 Å². The molecule has 1 aromatic carbocycles. The summed E-state index contributed by atoms with van der Waals surface area (Å²) in [6.45, 7) is 9.06. The van der Waals surface area contributed by atoms with Gasteiger partial charge in [0.25, 0.3) is 0 Å². The molecule has 0 saturated heterocycles. The van der Waals surface area contributed by atoms with Crippen LogP contribution in [-0.4, -0.2) is 51.4 Å². The first-order chi connectivity index (χ1) is 20.8. The molecule has 5 rings (SSSR count). The number of carboxylic acids is 1. The van der Waals surface area contributed by atoms with Crippen molar-refractivity contribution in [1.29, 1.82) is 0 Å². The van der Waals surface area contributed by atoms with Crippen molar-refractivity contribution in [2.45, 2.75) is 123 Å². The zero-order chi connectivity index (χ0) is 31.8. The lowest BCUT2D eigenvalue weighted by Gasteiger charge is -2.62. The maximum Gasteiger partial charge on any atom is 0.326 e. The van der Waals surface area contributed by atoms with E-state index in [1.54, 1.807) is 12.1 Å². The van der Waals surface area contributed by atoms with Gasteiger partial charge in [0.1, 0.15) is 6.04 Å². The molecule has 0 aliphatic heterocycles. The summed E-state index contributed by atoms with van der Waals surface area (Å²) in [5.74, 6) is 0.773. The second kappa shape index (κ2) is 13.1. The lowest BCUT2D eigenvalue weighted by molar-refractivity contribution is -0.174. The van der Waals surface area contributed by atoms with Gasteiger partial charge in [0.2, 0.25) is 11.8 Å². The second-order valence-electron chi connectivity index (χ2n) is 15.4. The molecule has 8 heteroatoms. The first kappa shape index (κ1) is 32.9. The molecule has 8 nitrogen and oxygen atoms in total. The van der Waals surface area contributed by atoms with E-state index < -0.39 is 12.0 Å². The number of hydrogen-bond donors (Lipinski definition) is 5. The van der Waals surface area contributed by atoms with Gasteiger partial charge in [-0.3, -0.25) is 9.59 Å². The first-order valence-electron chi connectivity index (χ1n) is 17.1. The van der Waals surface area contributed by atoms with Gasteiger partial charge >= 0.3 is 5.97 Å². The fourth-order valence-corrected chi connectivity index (χ4v) is 10.4. The number of aryl methyl sites for hydroxylation is 1. The third-order valence-corrected chi connectivity index (χ3v) is 12.9. The van der Waals surface area contributed by atoms with E-state index in [9.17, 15) is 29.7 Å². The minimum atomic E-state index is -1.13. The van der Waals surface area contributed by atoms with Crippen molar-refractivity contribution in [3.8, 4) is 0 Å². The Morgan fingerprint density at radius 3 is 2.25 bits per heavy atom. The summed E-state index contributed by atoms with van der Waals surface area (Å²) in [7, 11) is 0. The van der Waals surface area contributed by atoms with Crippen molar-refractivity contribution in [3.63, 3.8) is 0 Å². The zero-order valence-electron chi connectivity index (χ0n) is 27.1. The number of hydrogen-bond acceptors (Lipinski definition) is 5. The predicted octanol–water partition coefficient (Wildman–Crippen LogP) is 5.69. The van der Waals surface area contributed by atoms with Crippen LogP contribution in [0.1, 0.15) is 103 Å². The Morgan fingerprint density at radius 1 is 0.886 bits per heavy atom. The van der Waals surface area contributed by atoms with E-state index in [4.69, 9.17) is 0 Å². The van der Waals surface area contributed by atoms with E-state index in [-0.39, 0.29) is 54.1 Å². The average molecular weight is 611 g/mol. The number of aliphatic carboxylic acids is 1. The highest BCUT2D eigenvalue weighted by atomic mass is 16.4. The third kappa shape index (κ3) is 6.57. The van der Waals surface area contributed by atoms with Gasteiger partial charge in [-0.2, -0.15) is 0 Å². The van der Waals surface area contributed by atoms with Crippen molar-refractivity contribution < 1.29 is 29.7 Å². The summed E-state index contributed by atoms with van der Waals surface area (Å²) in [6.07, 6.45) is 8.48. The molecule has 1 aromatic rings. The largest absolute Gasteiger partial charge is 0.480 e. The molecule has 0 bridgehead atoms. The Balaban J connectivity index is 1.13. The number of carboxylic acid groups (broad SMARTS) is 1. The van der Waals surface area contributed by atoms with Crippen LogP contribution in [0.4, 0.5) is 5.69 Å². The summed E-state index contributed by atoms with van der Waals surface area (Å²) in [5, 5.41) is 37.0. The van der Waals surface area contributed by atoms with Gasteiger partial charge in [0.05, 0.1) is 12.2 Å². The molecule has 4 aliphatic carbocycles. The van der Waals surface area contributed by atoms with E-state index in [1.807, 2.05) is 19.1 Å². The SMILES string of the molecule is Cc1ccc(NC(=O)CC[C@H](NC(=O)CC[C@@H](C)[C@H]2CC[C@H]3[C@@H]4[C@H](O)C[C@H]5C[C@H](O)CC[C@]5(C)[C@H]4CC[C@]23C)C(=O)O)cc1. The van der Waals surface area contributed by atoms with Crippen molar-refractivity contribution >= 4 is 23.5 Å². The van der Waals surface area contributed by atoms with E-state index >= 15 is 0 Å². The van der Waals surface area contributed by atoms with Crippen LogP contribution in [0.5, 0.6) is 0 Å². The Bertz CT molecular complexity index is 1200. The highest BCUT2D eigenvalue weighted by molar-refractivity contribution is 5.91. The number of aliphatic hydroxyl groups is 2. The molecule has 4 fully saturated rings. The van der Waals surface area contributed by atoms with Crippen LogP contribution in [-0.2, 0) is 14.4 Å². The number of carbonyl (C=O) groups is 3. The number of rotatable bonds is 10. The summed E-state index contributed by atoms with van der Waals surface area (Å²) in [4.78, 5) is 37.2. The summed E-state index contributed by atoms with van der Waals surface area (Å²) >= 11 is 0. The van der Waals surface area contributed by atoms with Crippen molar-refractivity contribution in [2.24, 2.45) is 46.3 Å². The molecule has 5 N–H and O–H groups in total. The Kier molecular flexibility index (Phi) is 9.81. The number of amides is 2. The smallest absolute Gasteiger partial charge is 0.326 e. The molecule has 0 unspecified atom stereocenters. The van der Waals surface area contributed by atoms with Gasteiger partial charge in [-0.25, -0.2) is 4.79 Å². The summed E-state index contributed by atoms with van der Waals surface area (Å²) < 4.78 is 0. The zero-order valence-corrected chi connectivity index (χ0v) is 27.1. The first-order valence-corrected chi connectivity index (χ1v) is 17.1. The van der Waals surface area contributed by atoms with Gasteiger partial charge in [0, 0.05) is 18.5 Å². The molecule has 0 spiro atoms. The molecule has 2 amide bonds. The molecule has 11 atom stereocenters. The van der Waals surface area contributed by atoms with Crippen LogP contribution in [0.15, 0.2) is 24.3 Å². The number of aliphatic hydroxyl groups excluding tert-OH is 2. The maximum atomic E-state index is 12.9. The Hall–Kier alpha value is -2.45. The average Bonchev–Trinajstić information content (AvgIpc) is 3.33. The maximum absolute atomic E-state index is 12.9. The molecular formula is C36H54N2O6. The van der Waals surface area contributed by atoms with Crippen LogP contribution < -0.4 is 10.6 Å². The van der Waals surface area contributed by atoms with Crippen molar-refractivity contribution in [2.75, 3.05) is 5.32 Å². The Labute approximate surface area is 262 Å². The lowest BCUT2D eigenvalue weighted by Crippen LogP contribution is -2.58. The number of nitrogens with one attached hydrogen (secondary N) is 2. The highest BCUT2D eigenvalue weighted by Gasteiger charge is 2.62. The highest BCUT2D eigenvalue weighted by Crippen LogP contribution is 2.68. The molecule has 0 radical (unpaired) electrons. The predicted molar refractivity (Wildman–Crippen MR) is 170 cm³/mol. The standard InChI is InChI=1S/C36H54N2O6/c1-21-5-8-24(9-6-21)37-31(41)14-12-29(34(43)44)38-32(42)13-7-22(2)26-10-11-27-33-28(16-18-36(26,27)4)35(3)17-15-25(39)19-23(35)20-30(33)40/h5-6,8-9,22-23,25-30,33,39-40H,7,10-20H2,1-4H3,(H,37,41)(H,38,42)(H,43,44)/t22-,23-,25-,26-,27+,28+,29+,30-,33+,35+,36-/m1/s1. The van der Waals surface area contributed by atoms with Gasteiger partial charge in [-0.15, -0.1) is 0 Å². The van der Waals surface area contributed by atoms with E-state index in [0.717, 1.165) is 56.9 Å². The van der Waals surface area contributed by atoms with Crippen LogP contribution in [0.3, 0.4) is 0 Å².